The van der Waals surface area contributed by atoms with Gasteiger partial charge in [-0.1, -0.05) is 43.3 Å². The SMILES string of the molecule is COc1cccc(C(=O)OCC(=O)NC[C@@H](C)c2ccccc2)c1. The lowest BCUT2D eigenvalue weighted by Gasteiger charge is -2.13. The Bertz CT molecular complexity index is 685. The van der Waals surface area contributed by atoms with Gasteiger partial charge in [-0.3, -0.25) is 4.79 Å². The van der Waals surface area contributed by atoms with Gasteiger partial charge in [-0.25, -0.2) is 4.79 Å². The van der Waals surface area contributed by atoms with E-state index in [0.717, 1.165) is 5.56 Å². The maximum absolute atomic E-state index is 11.9. The third-order valence-electron chi connectivity index (χ3n) is 3.61. The van der Waals surface area contributed by atoms with E-state index in [0.29, 0.717) is 17.9 Å². The van der Waals surface area contributed by atoms with Crippen LogP contribution in [0, 0.1) is 0 Å². The molecule has 0 heterocycles. The van der Waals surface area contributed by atoms with E-state index >= 15 is 0 Å². The number of carbonyl (C=O) groups excluding carboxylic acids is 2. The van der Waals surface area contributed by atoms with Crippen molar-refractivity contribution in [2.24, 2.45) is 0 Å². The molecule has 1 N–H and O–H groups in total. The average molecular weight is 327 g/mol. The van der Waals surface area contributed by atoms with Crippen molar-refractivity contribution >= 4 is 11.9 Å². The van der Waals surface area contributed by atoms with Crippen molar-refractivity contribution < 1.29 is 19.1 Å². The number of nitrogens with one attached hydrogen (secondary N) is 1. The van der Waals surface area contributed by atoms with Crippen molar-refractivity contribution in [1.29, 1.82) is 0 Å². The van der Waals surface area contributed by atoms with E-state index < -0.39 is 5.97 Å². The van der Waals surface area contributed by atoms with E-state index in [1.807, 2.05) is 37.3 Å². The van der Waals surface area contributed by atoms with Gasteiger partial charge in [-0.2, -0.15) is 0 Å². The highest BCUT2D eigenvalue weighted by Gasteiger charge is 2.12. The molecule has 5 nitrogen and oxygen atoms in total. The highest BCUT2D eigenvalue weighted by Crippen LogP contribution is 2.14. The second kappa shape index (κ2) is 8.72. The second-order valence-electron chi connectivity index (χ2n) is 5.42. The fourth-order valence-electron chi connectivity index (χ4n) is 2.18. The molecule has 0 unspecified atom stereocenters. The average Bonchev–Trinajstić information content (AvgIpc) is 2.64. The molecule has 2 aromatic rings. The van der Waals surface area contributed by atoms with E-state index in [-0.39, 0.29) is 18.4 Å². The molecule has 1 amide bonds. The fourth-order valence-corrected chi connectivity index (χ4v) is 2.18. The maximum Gasteiger partial charge on any atom is 0.338 e. The first-order chi connectivity index (χ1) is 11.6. The number of amides is 1. The molecule has 0 aliphatic rings. The lowest BCUT2D eigenvalue weighted by molar-refractivity contribution is -0.124. The minimum Gasteiger partial charge on any atom is -0.497 e. The summed E-state index contributed by atoms with van der Waals surface area (Å²) in [5.74, 6) is -0.135. The minimum absolute atomic E-state index is 0.184. The maximum atomic E-state index is 11.9. The predicted octanol–water partition coefficient (Wildman–Crippen LogP) is 2.77. The van der Waals surface area contributed by atoms with Crippen LogP contribution >= 0.6 is 0 Å². The molecule has 5 heteroatoms. The molecule has 0 saturated carbocycles. The number of carbonyl (C=O) groups is 2. The number of hydrogen-bond acceptors (Lipinski definition) is 4. The first-order valence-corrected chi connectivity index (χ1v) is 7.73. The Morgan fingerprint density at radius 3 is 2.54 bits per heavy atom. The first-order valence-electron chi connectivity index (χ1n) is 7.73. The predicted molar refractivity (Wildman–Crippen MR) is 91.1 cm³/mol. The Morgan fingerprint density at radius 2 is 1.83 bits per heavy atom. The van der Waals surface area contributed by atoms with Gasteiger partial charge in [0.2, 0.25) is 0 Å². The van der Waals surface area contributed by atoms with Crippen LogP contribution in [0.25, 0.3) is 0 Å². The second-order valence-corrected chi connectivity index (χ2v) is 5.42. The van der Waals surface area contributed by atoms with Crippen molar-refractivity contribution in [3.05, 3.63) is 65.7 Å². The summed E-state index contributed by atoms with van der Waals surface area (Å²) in [5, 5.41) is 2.77. The van der Waals surface area contributed by atoms with E-state index in [2.05, 4.69) is 5.32 Å². The zero-order valence-electron chi connectivity index (χ0n) is 13.8. The summed E-state index contributed by atoms with van der Waals surface area (Å²) in [5.41, 5.74) is 1.49. The number of esters is 1. The first kappa shape index (κ1) is 17.5. The number of benzene rings is 2. The Hall–Kier alpha value is -2.82. The van der Waals surface area contributed by atoms with Gasteiger partial charge in [0.25, 0.3) is 5.91 Å². The Labute approximate surface area is 141 Å². The van der Waals surface area contributed by atoms with E-state index in [1.54, 1.807) is 24.3 Å². The van der Waals surface area contributed by atoms with Crippen molar-refractivity contribution in [3.8, 4) is 5.75 Å². The molecular weight excluding hydrogens is 306 g/mol. The topological polar surface area (TPSA) is 64.6 Å². The molecule has 0 spiro atoms. The standard InChI is InChI=1S/C19H21NO4/c1-14(15-7-4-3-5-8-15)12-20-18(21)13-24-19(22)16-9-6-10-17(11-16)23-2/h3-11,14H,12-13H2,1-2H3,(H,20,21)/t14-/m1/s1. The van der Waals surface area contributed by atoms with Crippen LogP contribution in [0.3, 0.4) is 0 Å². The molecule has 0 radical (unpaired) electrons. The molecule has 0 aliphatic heterocycles. The van der Waals surface area contributed by atoms with Crippen LogP contribution in [0.15, 0.2) is 54.6 Å². The zero-order chi connectivity index (χ0) is 17.4. The molecule has 0 bridgehead atoms. The zero-order valence-corrected chi connectivity index (χ0v) is 13.8. The molecule has 126 valence electrons. The van der Waals surface area contributed by atoms with Gasteiger partial charge in [0, 0.05) is 6.54 Å². The summed E-state index contributed by atoms with van der Waals surface area (Å²) < 4.78 is 10.1. The van der Waals surface area contributed by atoms with Gasteiger partial charge < -0.3 is 14.8 Å². The number of ether oxygens (including phenoxy) is 2. The molecule has 0 aliphatic carbocycles. The quantitative estimate of drug-likeness (QED) is 0.794. The van der Waals surface area contributed by atoms with Crippen molar-refractivity contribution in [2.45, 2.75) is 12.8 Å². The van der Waals surface area contributed by atoms with Gasteiger partial charge in [-0.15, -0.1) is 0 Å². The summed E-state index contributed by atoms with van der Waals surface area (Å²) in [6.07, 6.45) is 0. The lowest BCUT2D eigenvalue weighted by atomic mass is 10.0. The monoisotopic (exact) mass is 327 g/mol. The van der Waals surface area contributed by atoms with E-state index in [9.17, 15) is 9.59 Å². The van der Waals surface area contributed by atoms with E-state index in [4.69, 9.17) is 9.47 Å². The van der Waals surface area contributed by atoms with Crippen LogP contribution in [0.4, 0.5) is 0 Å². The van der Waals surface area contributed by atoms with Crippen LogP contribution in [-0.2, 0) is 9.53 Å². The highest BCUT2D eigenvalue weighted by atomic mass is 16.5. The van der Waals surface area contributed by atoms with Gasteiger partial charge in [0.1, 0.15) is 5.75 Å². The third-order valence-corrected chi connectivity index (χ3v) is 3.61. The van der Waals surface area contributed by atoms with Crippen LogP contribution in [0.2, 0.25) is 0 Å². The van der Waals surface area contributed by atoms with Crippen molar-refractivity contribution in [3.63, 3.8) is 0 Å². The third kappa shape index (κ3) is 5.12. The fraction of sp³-hybridized carbons (Fsp3) is 0.263. The van der Waals surface area contributed by atoms with Crippen LogP contribution in [0.1, 0.15) is 28.8 Å². The van der Waals surface area contributed by atoms with Crippen molar-refractivity contribution in [2.75, 3.05) is 20.3 Å². The Balaban J connectivity index is 1.77. The van der Waals surface area contributed by atoms with Crippen LogP contribution < -0.4 is 10.1 Å². The molecular formula is C19H21NO4. The summed E-state index contributed by atoms with van der Waals surface area (Å²) in [6.45, 7) is 2.20. The minimum atomic E-state index is -0.555. The largest absolute Gasteiger partial charge is 0.497 e. The Morgan fingerprint density at radius 1 is 1.08 bits per heavy atom. The summed E-state index contributed by atoms with van der Waals surface area (Å²) in [7, 11) is 1.52. The molecule has 0 fully saturated rings. The normalized spacial score (nSPS) is 11.4. The molecule has 2 aromatic carbocycles. The van der Waals surface area contributed by atoms with Crippen LogP contribution in [-0.4, -0.2) is 32.1 Å². The van der Waals surface area contributed by atoms with E-state index in [1.165, 1.54) is 7.11 Å². The number of methoxy groups -OCH3 is 1. The van der Waals surface area contributed by atoms with Gasteiger partial charge in [-0.05, 0) is 29.7 Å². The van der Waals surface area contributed by atoms with Gasteiger partial charge >= 0.3 is 5.97 Å². The molecule has 0 aromatic heterocycles. The number of hydrogen-bond donors (Lipinski definition) is 1. The molecule has 2 rings (SSSR count). The van der Waals surface area contributed by atoms with Crippen molar-refractivity contribution in [1.82, 2.24) is 5.32 Å². The highest BCUT2D eigenvalue weighted by molar-refractivity contribution is 5.91. The molecule has 1 atom stereocenters. The van der Waals surface area contributed by atoms with Crippen LogP contribution in [0.5, 0.6) is 5.75 Å². The Kier molecular flexibility index (Phi) is 6.37. The summed E-state index contributed by atoms with van der Waals surface area (Å²) >= 11 is 0. The smallest absolute Gasteiger partial charge is 0.338 e. The van der Waals surface area contributed by atoms with Gasteiger partial charge in [0.05, 0.1) is 12.7 Å². The lowest BCUT2D eigenvalue weighted by Crippen LogP contribution is -2.31. The molecule has 24 heavy (non-hydrogen) atoms. The molecule has 0 saturated heterocycles. The summed E-state index contributed by atoms with van der Waals surface area (Å²) in [4.78, 5) is 23.7. The number of rotatable bonds is 7. The van der Waals surface area contributed by atoms with Gasteiger partial charge in [0.15, 0.2) is 6.61 Å². The summed E-state index contributed by atoms with van der Waals surface area (Å²) in [6, 6.07) is 16.5.